The molecule has 0 aromatic carbocycles. The Morgan fingerprint density at radius 1 is 1.14 bits per heavy atom. The number of carbonyl (C=O) groups is 2. The number of piperidine rings is 1. The molecular formula is C32H47N7O4. The topological polar surface area (TPSA) is 134 Å². The third-order valence-corrected chi connectivity index (χ3v) is 8.79. The Kier molecular flexibility index (Phi) is 10.2. The van der Waals surface area contributed by atoms with Crippen LogP contribution in [0, 0.1) is 0 Å². The molecule has 43 heavy (non-hydrogen) atoms. The number of nitrogens with one attached hydrogen (secondary N) is 3. The fraction of sp³-hybridized carbons (Fsp3) is 0.594. The Hall–Kier alpha value is -3.57. The van der Waals surface area contributed by atoms with E-state index < -0.39 is 11.9 Å². The Bertz CT molecular complexity index is 1240. The SMILES string of the molecule is CCC(=O)NC1C=CC=C(OC2=C(CC)NC(C(N)=O)C(=NC3C=CC(N4CCC(N5CCOCC5)CC4)=C(C)C3)N2)C1. The summed E-state index contributed by atoms with van der Waals surface area (Å²) in [5.41, 5.74) is 9.13. The first kappa shape index (κ1) is 30.9. The lowest BCUT2D eigenvalue weighted by atomic mass is 9.96. The van der Waals surface area contributed by atoms with Crippen LogP contribution in [-0.4, -0.2) is 91.0 Å². The number of allylic oxidation sites excluding steroid dienone is 4. The number of primary amides is 1. The van der Waals surface area contributed by atoms with E-state index >= 15 is 0 Å². The van der Waals surface area contributed by atoms with Gasteiger partial charge < -0.3 is 36.1 Å². The van der Waals surface area contributed by atoms with Gasteiger partial charge in [0.1, 0.15) is 11.6 Å². The zero-order valence-corrected chi connectivity index (χ0v) is 25.7. The largest absolute Gasteiger partial charge is 0.443 e. The summed E-state index contributed by atoms with van der Waals surface area (Å²) in [5.74, 6) is 1.13. The molecule has 2 saturated heterocycles. The van der Waals surface area contributed by atoms with E-state index in [9.17, 15) is 9.59 Å². The average molecular weight is 594 g/mol. The van der Waals surface area contributed by atoms with Crippen LogP contribution in [0.4, 0.5) is 0 Å². The van der Waals surface area contributed by atoms with Gasteiger partial charge in [0.05, 0.1) is 31.0 Å². The van der Waals surface area contributed by atoms with Crippen LogP contribution < -0.4 is 21.7 Å². The molecule has 234 valence electrons. The summed E-state index contributed by atoms with van der Waals surface area (Å²) in [6.07, 6.45) is 14.7. The number of carbonyl (C=O) groups excluding carboxylic acids is 2. The van der Waals surface area contributed by atoms with Crippen LogP contribution in [0.1, 0.15) is 59.3 Å². The molecule has 0 radical (unpaired) electrons. The second-order valence-corrected chi connectivity index (χ2v) is 11.8. The number of hydrogen-bond donors (Lipinski definition) is 4. The number of nitrogens with zero attached hydrogens (tertiary/aromatic N) is 3. The second-order valence-electron chi connectivity index (χ2n) is 11.8. The van der Waals surface area contributed by atoms with Crippen molar-refractivity contribution in [2.75, 3.05) is 39.4 Å². The van der Waals surface area contributed by atoms with Crippen molar-refractivity contribution in [3.8, 4) is 0 Å². The number of ether oxygens (including phenoxy) is 2. The lowest BCUT2D eigenvalue weighted by Crippen LogP contribution is -2.56. The Labute approximate surface area is 255 Å². The van der Waals surface area contributed by atoms with Crippen LogP contribution in [0.3, 0.4) is 0 Å². The smallest absolute Gasteiger partial charge is 0.247 e. The van der Waals surface area contributed by atoms with E-state index in [0.29, 0.717) is 42.8 Å². The van der Waals surface area contributed by atoms with E-state index in [1.165, 1.54) is 24.1 Å². The summed E-state index contributed by atoms with van der Waals surface area (Å²) in [6, 6.07) is -0.405. The van der Waals surface area contributed by atoms with Gasteiger partial charge in [-0.1, -0.05) is 32.1 Å². The predicted octanol–water partition coefficient (Wildman–Crippen LogP) is 2.17. The fourth-order valence-corrected chi connectivity index (χ4v) is 6.39. The van der Waals surface area contributed by atoms with Crippen molar-refractivity contribution in [2.24, 2.45) is 10.7 Å². The van der Waals surface area contributed by atoms with Crippen LogP contribution in [-0.2, 0) is 19.1 Å². The molecule has 11 nitrogen and oxygen atoms in total. The first-order valence-electron chi connectivity index (χ1n) is 15.8. The van der Waals surface area contributed by atoms with Crippen LogP contribution in [0.15, 0.2) is 64.0 Å². The minimum Gasteiger partial charge on any atom is -0.443 e. The maximum absolute atomic E-state index is 12.5. The lowest BCUT2D eigenvalue weighted by molar-refractivity contribution is -0.121. The van der Waals surface area contributed by atoms with Gasteiger partial charge in [-0.25, -0.2) is 0 Å². The summed E-state index contributed by atoms with van der Waals surface area (Å²) in [6.45, 7) is 11.9. The van der Waals surface area contributed by atoms with E-state index in [2.05, 4.69) is 44.8 Å². The van der Waals surface area contributed by atoms with Crippen LogP contribution in [0.25, 0.3) is 0 Å². The molecule has 3 unspecified atom stereocenters. The summed E-state index contributed by atoms with van der Waals surface area (Å²) in [4.78, 5) is 34.4. The molecule has 0 saturated carbocycles. The Balaban J connectivity index is 1.24. The molecule has 3 atom stereocenters. The molecule has 0 aromatic rings. The van der Waals surface area contributed by atoms with E-state index in [-0.39, 0.29) is 18.0 Å². The standard InChI is InChI=1S/C32H47N7O4/c1-4-26-32(43-25-8-6-7-22(20-25)34-28(40)5-2)37-31(29(36-26)30(33)41)35-23-9-10-27(21(3)19-23)39-13-11-24(12-14-39)38-15-17-42-18-16-38/h6-10,22-24,29,36H,4-5,11-20H2,1-3H3,(H2,33,41)(H,34,40)(H,35,37). The fourth-order valence-electron chi connectivity index (χ4n) is 6.39. The Morgan fingerprint density at radius 2 is 1.91 bits per heavy atom. The van der Waals surface area contributed by atoms with Gasteiger partial charge in [0, 0.05) is 50.8 Å². The minimum atomic E-state index is -0.780. The van der Waals surface area contributed by atoms with Crippen molar-refractivity contribution in [1.29, 1.82) is 0 Å². The second kappa shape index (κ2) is 14.3. The predicted molar refractivity (Wildman–Crippen MR) is 166 cm³/mol. The quantitative estimate of drug-likeness (QED) is 0.320. The van der Waals surface area contributed by atoms with Crippen molar-refractivity contribution >= 4 is 17.6 Å². The number of rotatable bonds is 9. The van der Waals surface area contributed by atoms with Crippen molar-refractivity contribution in [1.82, 2.24) is 25.8 Å². The molecule has 0 bridgehead atoms. The molecule has 2 aliphatic carbocycles. The van der Waals surface area contributed by atoms with Crippen molar-refractivity contribution < 1.29 is 19.1 Å². The van der Waals surface area contributed by atoms with Gasteiger partial charge in [-0.2, -0.15) is 0 Å². The maximum atomic E-state index is 12.5. The van der Waals surface area contributed by atoms with Gasteiger partial charge in [-0.15, -0.1) is 0 Å². The molecule has 2 fully saturated rings. The first-order chi connectivity index (χ1) is 20.8. The lowest BCUT2D eigenvalue weighted by Gasteiger charge is -2.42. The van der Waals surface area contributed by atoms with E-state index in [1.54, 1.807) is 0 Å². The molecular weight excluding hydrogens is 546 g/mol. The van der Waals surface area contributed by atoms with Gasteiger partial charge in [0.2, 0.25) is 17.7 Å². The number of hydrogen-bond acceptors (Lipinski definition) is 8. The maximum Gasteiger partial charge on any atom is 0.247 e. The third kappa shape index (κ3) is 7.69. The van der Waals surface area contributed by atoms with E-state index in [1.807, 2.05) is 32.1 Å². The number of amides is 2. The van der Waals surface area contributed by atoms with Crippen molar-refractivity contribution in [2.45, 2.75) is 83.5 Å². The number of aliphatic imine (C=N–C) groups is 1. The highest BCUT2D eigenvalue weighted by Gasteiger charge is 2.33. The summed E-state index contributed by atoms with van der Waals surface area (Å²) in [5, 5.41) is 9.53. The molecule has 0 spiro atoms. The zero-order chi connectivity index (χ0) is 30.3. The number of morpholine rings is 1. The first-order valence-corrected chi connectivity index (χ1v) is 15.8. The number of likely N-dealkylation sites (tertiary alicyclic amines) is 1. The average Bonchev–Trinajstić information content (AvgIpc) is 3.02. The number of amidine groups is 1. The van der Waals surface area contributed by atoms with Gasteiger partial charge in [0.25, 0.3) is 0 Å². The summed E-state index contributed by atoms with van der Waals surface area (Å²) >= 11 is 0. The van der Waals surface area contributed by atoms with E-state index in [0.717, 1.165) is 51.5 Å². The van der Waals surface area contributed by atoms with Crippen LogP contribution >= 0.6 is 0 Å². The highest BCUT2D eigenvalue weighted by Crippen LogP contribution is 2.29. The summed E-state index contributed by atoms with van der Waals surface area (Å²) in [7, 11) is 0. The minimum absolute atomic E-state index is 0.00829. The Morgan fingerprint density at radius 3 is 2.58 bits per heavy atom. The van der Waals surface area contributed by atoms with E-state index in [4.69, 9.17) is 20.2 Å². The van der Waals surface area contributed by atoms with Gasteiger partial charge in [0.15, 0.2) is 6.04 Å². The van der Waals surface area contributed by atoms with Crippen molar-refractivity contribution in [3.63, 3.8) is 0 Å². The van der Waals surface area contributed by atoms with Crippen LogP contribution in [0.2, 0.25) is 0 Å². The zero-order valence-electron chi connectivity index (χ0n) is 25.7. The highest BCUT2D eigenvalue weighted by molar-refractivity contribution is 6.08. The van der Waals surface area contributed by atoms with Crippen molar-refractivity contribution in [3.05, 3.63) is 59.0 Å². The molecule has 11 heteroatoms. The molecule has 5 N–H and O–H groups in total. The highest BCUT2D eigenvalue weighted by atomic mass is 16.5. The summed E-state index contributed by atoms with van der Waals surface area (Å²) < 4.78 is 11.8. The molecule has 0 aromatic heterocycles. The number of nitrogens with two attached hydrogens (primary N) is 1. The van der Waals surface area contributed by atoms with Gasteiger partial charge >= 0.3 is 0 Å². The third-order valence-electron chi connectivity index (χ3n) is 8.79. The monoisotopic (exact) mass is 593 g/mol. The van der Waals surface area contributed by atoms with Crippen LogP contribution in [0.5, 0.6) is 0 Å². The van der Waals surface area contributed by atoms with Gasteiger partial charge in [-0.3, -0.25) is 19.5 Å². The van der Waals surface area contributed by atoms with Gasteiger partial charge in [-0.05, 0) is 50.3 Å². The molecule has 3 heterocycles. The molecule has 3 aliphatic heterocycles. The molecule has 2 amide bonds. The molecule has 5 rings (SSSR count). The normalized spacial score (nSPS) is 28.0. The molecule has 5 aliphatic rings.